The lowest BCUT2D eigenvalue weighted by molar-refractivity contribution is -0.125. The van der Waals surface area contributed by atoms with Crippen molar-refractivity contribution in [1.29, 1.82) is 0 Å². The molecule has 1 saturated heterocycles. The highest BCUT2D eigenvalue weighted by molar-refractivity contribution is 6.00. The number of hydrogen-bond acceptors (Lipinski definition) is 6. The molecule has 0 saturated carbocycles. The fraction of sp³-hybridized carbons (Fsp3) is 0.333. The number of benzene rings is 2. The molecular formula is C24H27N5O4. The van der Waals surface area contributed by atoms with E-state index in [1.807, 2.05) is 37.3 Å². The first-order valence-corrected chi connectivity index (χ1v) is 11.0. The monoisotopic (exact) mass is 449 g/mol. The predicted molar refractivity (Wildman–Crippen MR) is 122 cm³/mol. The zero-order chi connectivity index (χ0) is 23.2. The van der Waals surface area contributed by atoms with Crippen LogP contribution in [0.5, 0.6) is 11.5 Å². The average molecular weight is 450 g/mol. The second-order valence-electron chi connectivity index (χ2n) is 7.64. The molecule has 33 heavy (non-hydrogen) atoms. The number of nitrogens with zero attached hydrogens (tertiary/aromatic N) is 3. The van der Waals surface area contributed by atoms with Crippen LogP contribution in [0.3, 0.4) is 0 Å². The van der Waals surface area contributed by atoms with E-state index in [1.165, 1.54) is 0 Å². The molecule has 2 aromatic carbocycles. The number of carbonyl (C=O) groups excluding carboxylic acids is 2. The van der Waals surface area contributed by atoms with Crippen molar-refractivity contribution < 1.29 is 19.1 Å². The fourth-order valence-corrected chi connectivity index (χ4v) is 3.89. The van der Waals surface area contributed by atoms with Crippen LogP contribution in [0.4, 0.5) is 0 Å². The van der Waals surface area contributed by atoms with Crippen molar-refractivity contribution in [3.8, 4) is 22.9 Å². The zero-order valence-corrected chi connectivity index (χ0v) is 18.7. The minimum Gasteiger partial charge on any atom is -0.497 e. The van der Waals surface area contributed by atoms with Crippen LogP contribution in [0.1, 0.15) is 35.9 Å². The van der Waals surface area contributed by atoms with Gasteiger partial charge in [0, 0.05) is 12.1 Å². The molecule has 2 amide bonds. The number of methoxy groups -OCH3 is 1. The van der Waals surface area contributed by atoms with Gasteiger partial charge in [0.25, 0.3) is 5.91 Å². The number of amides is 2. The molecule has 3 aromatic rings. The molecule has 2 heterocycles. The fourth-order valence-electron chi connectivity index (χ4n) is 3.89. The molecule has 4 rings (SSSR count). The van der Waals surface area contributed by atoms with Crippen LogP contribution in [-0.2, 0) is 11.3 Å². The molecule has 1 aliphatic rings. The van der Waals surface area contributed by atoms with E-state index < -0.39 is 6.04 Å². The number of hydrogen-bond donors (Lipinski definition) is 2. The Hall–Kier alpha value is -3.88. The third-order valence-corrected chi connectivity index (χ3v) is 5.54. The summed E-state index contributed by atoms with van der Waals surface area (Å²) in [6.45, 7) is 3.05. The number of aromatic amines is 1. The standard InChI is InChI=1S/C24H27N5O4/c1-3-33-20-9-5-4-7-18(20)24(31)29-14-6-8-19(29)23(30)25-15-21-26-22(28-27-21)16-10-12-17(32-2)13-11-16/h4-5,7,9-13,19H,3,6,8,14-15H2,1-2H3,(H,25,30)(H,26,27,28). The Morgan fingerprint density at radius 3 is 2.73 bits per heavy atom. The summed E-state index contributed by atoms with van der Waals surface area (Å²) in [5, 5.41) is 9.96. The Bertz CT molecular complexity index is 1110. The first-order chi connectivity index (χ1) is 16.1. The maximum Gasteiger partial charge on any atom is 0.258 e. The number of rotatable bonds is 8. The van der Waals surface area contributed by atoms with Crippen LogP contribution >= 0.6 is 0 Å². The van der Waals surface area contributed by atoms with Crippen molar-refractivity contribution in [2.75, 3.05) is 20.3 Å². The molecule has 0 bridgehead atoms. The third kappa shape index (κ3) is 4.97. The van der Waals surface area contributed by atoms with Crippen LogP contribution in [0, 0.1) is 0 Å². The summed E-state index contributed by atoms with van der Waals surface area (Å²) in [5.74, 6) is 1.94. The summed E-state index contributed by atoms with van der Waals surface area (Å²) in [5.41, 5.74) is 1.31. The second-order valence-corrected chi connectivity index (χ2v) is 7.64. The van der Waals surface area contributed by atoms with Crippen molar-refractivity contribution in [1.82, 2.24) is 25.4 Å². The topological polar surface area (TPSA) is 109 Å². The summed E-state index contributed by atoms with van der Waals surface area (Å²) in [6, 6.07) is 14.0. The minimum absolute atomic E-state index is 0.191. The second kappa shape index (κ2) is 10.2. The first kappa shape index (κ1) is 22.3. The van der Waals surface area contributed by atoms with E-state index in [-0.39, 0.29) is 18.4 Å². The normalized spacial score (nSPS) is 15.3. The number of likely N-dealkylation sites (tertiary alicyclic amines) is 1. The van der Waals surface area contributed by atoms with E-state index in [1.54, 1.807) is 30.2 Å². The number of nitrogens with one attached hydrogen (secondary N) is 2. The van der Waals surface area contributed by atoms with Gasteiger partial charge in [-0.05, 0) is 56.2 Å². The van der Waals surface area contributed by atoms with Crippen molar-refractivity contribution in [2.24, 2.45) is 0 Å². The van der Waals surface area contributed by atoms with Gasteiger partial charge in [-0.25, -0.2) is 4.98 Å². The molecule has 1 fully saturated rings. The summed E-state index contributed by atoms with van der Waals surface area (Å²) in [6.07, 6.45) is 1.38. The Balaban J connectivity index is 1.39. The quantitative estimate of drug-likeness (QED) is 0.547. The van der Waals surface area contributed by atoms with Gasteiger partial charge in [0.2, 0.25) is 5.91 Å². The maximum atomic E-state index is 13.2. The van der Waals surface area contributed by atoms with Crippen LogP contribution in [0.25, 0.3) is 11.4 Å². The van der Waals surface area contributed by atoms with Crippen molar-refractivity contribution in [3.05, 3.63) is 59.9 Å². The minimum atomic E-state index is -0.531. The highest BCUT2D eigenvalue weighted by Crippen LogP contribution is 2.25. The van der Waals surface area contributed by atoms with E-state index in [0.29, 0.717) is 42.5 Å². The number of ether oxygens (including phenoxy) is 2. The Morgan fingerprint density at radius 2 is 1.97 bits per heavy atom. The lowest BCUT2D eigenvalue weighted by atomic mass is 10.1. The maximum absolute atomic E-state index is 13.2. The molecule has 1 atom stereocenters. The van der Waals surface area contributed by atoms with Crippen molar-refractivity contribution in [2.45, 2.75) is 32.4 Å². The van der Waals surface area contributed by atoms with E-state index >= 15 is 0 Å². The molecule has 0 aliphatic carbocycles. The molecule has 2 N–H and O–H groups in total. The van der Waals surface area contributed by atoms with E-state index in [9.17, 15) is 9.59 Å². The van der Waals surface area contributed by atoms with Crippen LogP contribution < -0.4 is 14.8 Å². The van der Waals surface area contributed by atoms with E-state index in [0.717, 1.165) is 17.7 Å². The van der Waals surface area contributed by atoms with E-state index in [2.05, 4.69) is 20.5 Å². The largest absolute Gasteiger partial charge is 0.497 e. The molecule has 1 aliphatic heterocycles. The predicted octanol–water partition coefficient (Wildman–Crippen LogP) is 2.80. The van der Waals surface area contributed by atoms with Crippen LogP contribution in [-0.4, -0.2) is 58.2 Å². The molecule has 0 radical (unpaired) electrons. The van der Waals surface area contributed by atoms with E-state index in [4.69, 9.17) is 9.47 Å². The SMILES string of the molecule is CCOc1ccccc1C(=O)N1CCCC1C(=O)NCc1nc(-c2ccc(OC)cc2)n[nH]1. The highest BCUT2D eigenvalue weighted by atomic mass is 16.5. The molecule has 9 nitrogen and oxygen atoms in total. The number of carbonyl (C=O) groups is 2. The van der Waals surface area contributed by atoms with Gasteiger partial charge in [0.1, 0.15) is 23.4 Å². The number of para-hydroxylation sites is 1. The molecule has 9 heteroatoms. The first-order valence-electron chi connectivity index (χ1n) is 11.0. The Kier molecular flexibility index (Phi) is 6.87. The van der Waals surface area contributed by atoms with Crippen molar-refractivity contribution in [3.63, 3.8) is 0 Å². The van der Waals surface area contributed by atoms with Crippen LogP contribution in [0.15, 0.2) is 48.5 Å². The Labute approximate surface area is 192 Å². The van der Waals surface area contributed by atoms with Gasteiger partial charge in [-0.2, -0.15) is 5.10 Å². The Morgan fingerprint density at radius 1 is 1.18 bits per heavy atom. The molecule has 172 valence electrons. The van der Waals surface area contributed by atoms with Gasteiger partial charge in [-0.15, -0.1) is 0 Å². The third-order valence-electron chi connectivity index (χ3n) is 5.54. The lowest BCUT2D eigenvalue weighted by Crippen LogP contribution is -2.45. The molecular weight excluding hydrogens is 422 g/mol. The molecule has 0 spiro atoms. The highest BCUT2D eigenvalue weighted by Gasteiger charge is 2.35. The van der Waals surface area contributed by atoms with Gasteiger partial charge >= 0.3 is 0 Å². The van der Waals surface area contributed by atoms with Crippen molar-refractivity contribution >= 4 is 11.8 Å². The smallest absolute Gasteiger partial charge is 0.258 e. The molecule has 1 aromatic heterocycles. The lowest BCUT2D eigenvalue weighted by Gasteiger charge is -2.24. The molecule has 1 unspecified atom stereocenters. The van der Waals surface area contributed by atoms with Gasteiger partial charge in [0.15, 0.2) is 5.82 Å². The number of H-pyrrole nitrogens is 1. The summed E-state index contributed by atoms with van der Waals surface area (Å²) >= 11 is 0. The van der Waals surface area contributed by atoms with Gasteiger partial charge in [-0.3, -0.25) is 14.7 Å². The average Bonchev–Trinajstić information content (AvgIpc) is 3.53. The zero-order valence-electron chi connectivity index (χ0n) is 18.7. The van der Waals surface area contributed by atoms with Gasteiger partial charge in [-0.1, -0.05) is 12.1 Å². The summed E-state index contributed by atoms with van der Waals surface area (Å²) in [7, 11) is 1.61. The summed E-state index contributed by atoms with van der Waals surface area (Å²) < 4.78 is 10.8. The number of aromatic nitrogens is 3. The van der Waals surface area contributed by atoms with Crippen LogP contribution in [0.2, 0.25) is 0 Å². The van der Waals surface area contributed by atoms with Gasteiger partial charge < -0.3 is 19.7 Å². The van der Waals surface area contributed by atoms with Gasteiger partial charge in [0.05, 0.1) is 25.8 Å². The summed E-state index contributed by atoms with van der Waals surface area (Å²) in [4.78, 5) is 32.1.